The maximum Gasteiger partial charge on any atom is 0.126 e. The molecule has 1 aromatic rings. The van der Waals surface area contributed by atoms with Crippen LogP contribution in [0.25, 0.3) is 0 Å². The lowest BCUT2D eigenvalue weighted by atomic mass is 9.97. The summed E-state index contributed by atoms with van der Waals surface area (Å²) in [5.74, 6) is 0.981. The number of hydrogen-bond acceptors (Lipinski definition) is 2. The second-order valence-corrected chi connectivity index (χ2v) is 4.33. The van der Waals surface area contributed by atoms with Gasteiger partial charge in [-0.05, 0) is 32.8 Å². The highest BCUT2D eigenvalue weighted by molar-refractivity contribution is 5.45. The molecule has 1 atom stereocenters. The van der Waals surface area contributed by atoms with Crippen LogP contribution in [0.3, 0.4) is 0 Å². The van der Waals surface area contributed by atoms with Crippen LogP contribution >= 0.6 is 0 Å². The normalized spacial score (nSPS) is 12.6. The summed E-state index contributed by atoms with van der Waals surface area (Å²) < 4.78 is 5.71. The fourth-order valence-corrected chi connectivity index (χ4v) is 2.07. The molecule has 0 aliphatic rings. The minimum atomic E-state index is 0.0881. The molecule has 0 heterocycles. The fraction of sp³-hybridized carbons (Fsp3) is 0.571. The van der Waals surface area contributed by atoms with Gasteiger partial charge in [-0.3, -0.25) is 0 Å². The van der Waals surface area contributed by atoms with Gasteiger partial charge in [0.15, 0.2) is 0 Å². The summed E-state index contributed by atoms with van der Waals surface area (Å²) in [5.41, 5.74) is 9.78. The smallest absolute Gasteiger partial charge is 0.126 e. The highest BCUT2D eigenvalue weighted by atomic mass is 16.5. The van der Waals surface area contributed by atoms with Crippen LogP contribution in [0.4, 0.5) is 0 Å². The SMILES string of the molecule is CCCC(N)c1cc(C)cc(C)c1OCC. The molecule has 16 heavy (non-hydrogen) atoms. The lowest BCUT2D eigenvalue weighted by molar-refractivity contribution is 0.331. The van der Waals surface area contributed by atoms with Crippen LogP contribution < -0.4 is 10.5 Å². The van der Waals surface area contributed by atoms with Gasteiger partial charge in [0, 0.05) is 11.6 Å². The second kappa shape index (κ2) is 5.90. The van der Waals surface area contributed by atoms with Crippen LogP contribution in [0.5, 0.6) is 5.75 Å². The molecular weight excluding hydrogens is 198 g/mol. The van der Waals surface area contributed by atoms with Crippen LogP contribution in [0.15, 0.2) is 12.1 Å². The van der Waals surface area contributed by atoms with E-state index in [1.165, 1.54) is 11.1 Å². The summed E-state index contributed by atoms with van der Waals surface area (Å²) in [7, 11) is 0. The summed E-state index contributed by atoms with van der Waals surface area (Å²) in [6.07, 6.45) is 2.10. The molecule has 90 valence electrons. The van der Waals surface area contributed by atoms with E-state index in [1.54, 1.807) is 0 Å². The van der Waals surface area contributed by atoms with Gasteiger partial charge in [0.25, 0.3) is 0 Å². The van der Waals surface area contributed by atoms with Crippen LogP contribution in [0, 0.1) is 13.8 Å². The summed E-state index contributed by atoms with van der Waals surface area (Å²) in [6, 6.07) is 4.39. The number of aryl methyl sites for hydroxylation is 2. The lowest BCUT2D eigenvalue weighted by Gasteiger charge is -2.19. The number of benzene rings is 1. The van der Waals surface area contributed by atoms with Crippen LogP contribution in [0.2, 0.25) is 0 Å². The molecule has 0 aliphatic carbocycles. The summed E-state index contributed by atoms with van der Waals surface area (Å²) in [6.45, 7) is 9.04. The minimum absolute atomic E-state index is 0.0881. The molecule has 0 aromatic heterocycles. The zero-order valence-electron chi connectivity index (χ0n) is 10.8. The highest BCUT2D eigenvalue weighted by Crippen LogP contribution is 2.31. The van der Waals surface area contributed by atoms with E-state index >= 15 is 0 Å². The van der Waals surface area contributed by atoms with Gasteiger partial charge in [-0.2, -0.15) is 0 Å². The molecule has 2 nitrogen and oxygen atoms in total. The Labute approximate surface area is 98.8 Å². The monoisotopic (exact) mass is 221 g/mol. The average Bonchev–Trinajstić information content (AvgIpc) is 2.22. The van der Waals surface area contributed by atoms with Gasteiger partial charge < -0.3 is 10.5 Å². The summed E-state index contributed by atoms with van der Waals surface area (Å²) in [4.78, 5) is 0. The van der Waals surface area contributed by atoms with E-state index in [0.29, 0.717) is 6.61 Å². The van der Waals surface area contributed by atoms with E-state index in [4.69, 9.17) is 10.5 Å². The molecule has 0 saturated carbocycles. The quantitative estimate of drug-likeness (QED) is 0.826. The predicted molar refractivity (Wildman–Crippen MR) is 68.9 cm³/mol. The molecule has 0 radical (unpaired) electrons. The Kier molecular flexibility index (Phi) is 4.81. The lowest BCUT2D eigenvalue weighted by Crippen LogP contribution is -2.13. The topological polar surface area (TPSA) is 35.2 Å². The molecule has 0 fully saturated rings. The third kappa shape index (κ3) is 2.99. The van der Waals surface area contributed by atoms with Gasteiger partial charge >= 0.3 is 0 Å². The van der Waals surface area contributed by atoms with E-state index in [1.807, 2.05) is 6.92 Å². The van der Waals surface area contributed by atoms with Gasteiger partial charge in [0.1, 0.15) is 5.75 Å². The van der Waals surface area contributed by atoms with Crippen molar-refractivity contribution in [2.24, 2.45) is 5.73 Å². The molecule has 0 amide bonds. The zero-order valence-corrected chi connectivity index (χ0v) is 10.8. The number of ether oxygens (including phenoxy) is 1. The number of nitrogens with two attached hydrogens (primary N) is 1. The van der Waals surface area contributed by atoms with Crippen molar-refractivity contribution in [3.63, 3.8) is 0 Å². The van der Waals surface area contributed by atoms with Crippen LogP contribution in [-0.2, 0) is 0 Å². The average molecular weight is 221 g/mol. The second-order valence-electron chi connectivity index (χ2n) is 4.33. The Morgan fingerprint density at radius 1 is 1.25 bits per heavy atom. The maximum atomic E-state index is 6.19. The Bertz CT molecular complexity index is 347. The maximum absolute atomic E-state index is 6.19. The van der Waals surface area contributed by atoms with Crippen LogP contribution in [0.1, 0.15) is 49.4 Å². The van der Waals surface area contributed by atoms with Gasteiger partial charge in [0.05, 0.1) is 6.61 Å². The third-order valence-corrected chi connectivity index (χ3v) is 2.74. The standard InChI is InChI=1S/C14H23NO/c1-5-7-13(15)12-9-10(3)8-11(4)14(12)16-6-2/h8-9,13H,5-7,15H2,1-4H3. The molecule has 0 aliphatic heterocycles. The Hall–Kier alpha value is -1.02. The number of hydrogen-bond donors (Lipinski definition) is 1. The molecular formula is C14H23NO. The number of rotatable bonds is 5. The van der Waals surface area contributed by atoms with E-state index in [-0.39, 0.29) is 6.04 Å². The summed E-state index contributed by atoms with van der Waals surface area (Å²) in [5, 5.41) is 0. The van der Waals surface area contributed by atoms with Crippen molar-refractivity contribution in [3.05, 3.63) is 28.8 Å². The first-order valence-electron chi connectivity index (χ1n) is 6.09. The van der Waals surface area contributed by atoms with Crippen LogP contribution in [-0.4, -0.2) is 6.61 Å². The van der Waals surface area contributed by atoms with Crippen molar-refractivity contribution in [1.29, 1.82) is 0 Å². The van der Waals surface area contributed by atoms with Crippen molar-refractivity contribution in [2.45, 2.75) is 46.6 Å². The predicted octanol–water partition coefficient (Wildman–Crippen LogP) is 3.50. The highest BCUT2D eigenvalue weighted by Gasteiger charge is 2.14. The first-order chi connectivity index (χ1) is 7.60. The van der Waals surface area contributed by atoms with Gasteiger partial charge in [-0.25, -0.2) is 0 Å². The molecule has 0 spiro atoms. The van der Waals surface area contributed by atoms with Crippen molar-refractivity contribution in [2.75, 3.05) is 6.61 Å². The molecule has 2 heteroatoms. The van der Waals surface area contributed by atoms with Gasteiger partial charge in [-0.1, -0.05) is 31.0 Å². The largest absolute Gasteiger partial charge is 0.493 e. The van der Waals surface area contributed by atoms with Crippen molar-refractivity contribution in [3.8, 4) is 5.75 Å². The Morgan fingerprint density at radius 2 is 1.94 bits per heavy atom. The molecule has 0 saturated heterocycles. The van der Waals surface area contributed by atoms with Gasteiger partial charge in [0.2, 0.25) is 0 Å². The van der Waals surface area contributed by atoms with E-state index < -0.39 is 0 Å². The van der Waals surface area contributed by atoms with Crippen molar-refractivity contribution < 1.29 is 4.74 Å². The van der Waals surface area contributed by atoms with Crippen molar-refractivity contribution in [1.82, 2.24) is 0 Å². The fourth-order valence-electron chi connectivity index (χ4n) is 2.07. The first kappa shape index (κ1) is 13.0. The van der Waals surface area contributed by atoms with Gasteiger partial charge in [-0.15, -0.1) is 0 Å². The van der Waals surface area contributed by atoms with E-state index in [2.05, 4.69) is 32.9 Å². The Morgan fingerprint density at radius 3 is 2.50 bits per heavy atom. The minimum Gasteiger partial charge on any atom is -0.493 e. The zero-order chi connectivity index (χ0) is 12.1. The molecule has 1 aromatic carbocycles. The molecule has 1 unspecified atom stereocenters. The van der Waals surface area contributed by atoms with Crippen molar-refractivity contribution >= 4 is 0 Å². The first-order valence-corrected chi connectivity index (χ1v) is 6.09. The molecule has 0 bridgehead atoms. The van der Waals surface area contributed by atoms with E-state index in [0.717, 1.165) is 24.2 Å². The molecule has 1 rings (SSSR count). The Balaban J connectivity index is 3.12. The third-order valence-electron chi connectivity index (χ3n) is 2.74. The summed E-state index contributed by atoms with van der Waals surface area (Å²) >= 11 is 0. The molecule has 2 N–H and O–H groups in total. The van der Waals surface area contributed by atoms with E-state index in [9.17, 15) is 0 Å².